The smallest absolute Gasteiger partial charge is 0.327 e. The van der Waals surface area contributed by atoms with Crippen LogP contribution in [-0.2, 0) is 24.0 Å². The minimum atomic E-state index is -1.25. The fourth-order valence-electron chi connectivity index (χ4n) is 2.57. The summed E-state index contributed by atoms with van der Waals surface area (Å²) in [4.78, 5) is 61.4. The zero-order chi connectivity index (χ0) is 25.9. The maximum atomic E-state index is 12.9. The average molecular weight is 526 g/mol. The van der Waals surface area contributed by atoms with Crippen molar-refractivity contribution >= 4 is 67.5 Å². The minimum Gasteiger partial charge on any atom is -0.480 e. The Morgan fingerprint density at radius 3 is 1.42 bits per heavy atom. The average Bonchev–Trinajstić information content (AvgIpc) is 2.75. The molecule has 0 aliphatic carbocycles. The summed E-state index contributed by atoms with van der Waals surface area (Å²) in [6.45, 7) is 6.76. The quantitative estimate of drug-likeness (QED) is 0.123. The van der Waals surface area contributed by atoms with Crippen LogP contribution in [0.4, 0.5) is 0 Å². The van der Waals surface area contributed by atoms with E-state index in [0.717, 1.165) is 0 Å². The summed E-state index contributed by atoms with van der Waals surface area (Å²) in [5, 5.41) is 19.1. The van der Waals surface area contributed by atoms with Gasteiger partial charge in [-0.1, -0.05) is 27.7 Å². The van der Waals surface area contributed by atoms with Gasteiger partial charge in [0.2, 0.25) is 23.6 Å². The molecule has 0 aliphatic rings. The van der Waals surface area contributed by atoms with Crippen molar-refractivity contribution in [2.24, 2.45) is 17.6 Å². The molecule has 0 saturated heterocycles. The Morgan fingerprint density at radius 2 is 1.06 bits per heavy atom. The molecular formula is C19H35N5O6S3. The number of carboxylic acids is 1. The molecule has 33 heavy (non-hydrogen) atoms. The van der Waals surface area contributed by atoms with E-state index in [0.29, 0.717) is 0 Å². The molecule has 190 valence electrons. The molecule has 0 aromatic heterocycles. The van der Waals surface area contributed by atoms with E-state index in [9.17, 15) is 24.0 Å². The van der Waals surface area contributed by atoms with Crippen molar-refractivity contribution in [3.05, 3.63) is 0 Å². The van der Waals surface area contributed by atoms with Crippen molar-refractivity contribution in [3.8, 4) is 0 Å². The summed E-state index contributed by atoms with van der Waals surface area (Å²) in [5.74, 6) is -4.64. The van der Waals surface area contributed by atoms with Crippen LogP contribution in [0.2, 0.25) is 0 Å². The summed E-state index contributed by atoms with van der Waals surface area (Å²) in [7, 11) is 0. The number of nitrogens with two attached hydrogens (primary N) is 1. The van der Waals surface area contributed by atoms with Crippen LogP contribution in [0.1, 0.15) is 27.7 Å². The number of nitrogens with one attached hydrogen (secondary N) is 4. The van der Waals surface area contributed by atoms with E-state index in [1.807, 2.05) is 0 Å². The van der Waals surface area contributed by atoms with Crippen LogP contribution in [0, 0.1) is 11.8 Å². The van der Waals surface area contributed by atoms with Gasteiger partial charge in [0.05, 0.1) is 6.04 Å². The normalized spacial score (nSPS) is 15.7. The summed E-state index contributed by atoms with van der Waals surface area (Å²) < 4.78 is 0. The number of thiol groups is 3. The van der Waals surface area contributed by atoms with Gasteiger partial charge < -0.3 is 32.1 Å². The molecule has 0 saturated carbocycles. The SMILES string of the molecule is CC(C)[C@H](NC(=O)[C@H](CS)NC(=O)[C@@H](N)CS)C(=O)N[C@H](C(=O)N[C@@H](CS)C(=O)O)C(C)C. The highest BCUT2D eigenvalue weighted by Crippen LogP contribution is 2.08. The maximum absolute atomic E-state index is 12.9. The summed E-state index contributed by atoms with van der Waals surface area (Å²) in [6, 6.07) is -5.26. The van der Waals surface area contributed by atoms with Gasteiger partial charge in [-0.05, 0) is 11.8 Å². The number of aliphatic carboxylic acids is 1. The number of hydrogen-bond donors (Lipinski definition) is 9. The lowest BCUT2D eigenvalue weighted by Gasteiger charge is -2.29. The maximum Gasteiger partial charge on any atom is 0.327 e. The fourth-order valence-corrected chi connectivity index (χ4v) is 3.24. The standard InChI is InChI=1S/C19H35N5O6S3/c1-8(2)13(17(27)22-12(7-33)19(29)30)24-18(28)14(9(3)4)23-16(26)11(6-32)21-15(25)10(20)5-31/h8-14,31-33H,5-7,20H2,1-4H3,(H,21,25)(H,22,27)(H,23,26)(H,24,28)(H,29,30)/t10-,11-,12-,13-,14-/m0/s1. The van der Waals surface area contributed by atoms with E-state index >= 15 is 0 Å². The first-order valence-electron chi connectivity index (χ1n) is 10.3. The number of rotatable bonds is 14. The first kappa shape index (κ1) is 31.4. The molecule has 5 atom stereocenters. The van der Waals surface area contributed by atoms with Gasteiger partial charge in [0, 0.05) is 17.3 Å². The predicted octanol–water partition coefficient (Wildman–Crippen LogP) is -1.56. The lowest BCUT2D eigenvalue weighted by atomic mass is 9.99. The zero-order valence-electron chi connectivity index (χ0n) is 19.1. The predicted molar refractivity (Wildman–Crippen MR) is 135 cm³/mol. The van der Waals surface area contributed by atoms with Gasteiger partial charge in [-0.3, -0.25) is 19.2 Å². The Balaban J connectivity index is 5.42. The van der Waals surface area contributed by atoms with E-state index < -0.39 is 59.8 Å². The van der Waals surface area contributed by atoms with Crippen LogP contribution < -0.4 is 27.0 Å². The van der Waals surface area contributed by atoms with E-state index in [4.69, 9.17) is 10.8 Å². The Labute approximate surface area is 210 Å². The molecule has 0 aromatic carbocycles. The van der Waals surface area contributed by atoms with E-state index in [-0.39, 0.29) is 29.1 Å². The lowest BCUT2D eigenvalue weighted by molar-refractivity contribution is -0.142. The molecule has 0 radical (unpaired) electrons. The van der Waals surface area contributed by atoms with Crippen LogP contribution in [0.15, 0.2) is 0 Å². The van der Waals surface area contributed by atoms with Gasteiger partial charge in [0.15, 0.2) is 0 Å². The number of carbonyl (C=O) groups excluding carboxylic acids is 4. The molecule has 0 spiro atoms. The Kier molecular flexibility index (Phi) is 14.5. The highest BCUT2D eigenvalue weighted by molar-refractivity contribution is 7.80. The van der Waals surface area contributed by atoms with Crippen LogP contribution >= 0.6 is 37.9 Å². The van der Waals surface area contributed by atoms with E-state index in [1.165, 1.54) is 0 Å². The minimum absolute atomic E-state index is 0.0410. The molecular weight excluding hydrogens is 490 g/mol. The molecule has 0 bridgehead atoms. The molecule has 0 fully saturated rings. The Hall–Kier alpha value is -1.64. The second-order valence-corrected chi connectivity index (χ2v) is 9.17. The molecule has 0 aliphatic heterocycles. The van der Waals surface area contributed by atoms with Crippen LogP contribution in [0.5, 0.6) is 0 Å². The van der Waals surface area contributed by atoms with Gasteiger partial charge >= 0.3 is 5.97 Å². The number of hydrogen-bond acceptors (Lipinski definition) is 9. The van der Waals surface area contributed by atoms with E-state index in [2.05, 4.69) is 59.2 Å². The highest BCUT2D eigenvalue weighted by atomic mass is 32.1. The fraction of sp³-hybridized carbons (Fsp3) is 0.737. The van der Waals surface area contributed by atoms with Crippen molar-refractivity contribution in [2.75, 3.05) is 17.3 Å². The van der Waals surface area contributed by atoms with Crippen LogP contribution in [0.3, 0.4) is 0 Å². The first-order valence-corrected chi connectivity index (χ1v) is 12.2. The number of amides is 4. The number of carbonyl (C=O) groups is 5. The third kappa shape index (κ3) is 10.4. The highest BCUT2D eigenvalue weighted by Gasteiger charge is 2.33. The first-order chi connectivity index (χ1) is 15.3. The molecule has 0 heterocycles. The second-order valence-electron chi connectivity index (χ2n) is 8.08. The van der Waals surface area contributed by atoms with Crippen molar-refractivity contribution in [2.45, 2.75) is 57.9 Å². The largest absolute Gasteiger partial charge is 0.480 e. The van der Waals surface area contributed by atoms with Crippen molar-refractivity contribution in [3.63, 3.8) is 0 Å². The van der Waals surface area contributed by atoms with Gasteiger partial charge in [-0.15, -0.1) is 0 Å². The van der Waals surface area contributed by atoms with Gasteiger partial charge in [-0.2, -0.15) is 37.9 Å². The molecule has 11 nitrogen and oxygen atoms in total. The summed E-state index contributed by atoms with van der Waals surface area (Å²) in [6.07, 6.45) is 0. The Morgan fingerprint density at radius 1 is 0.667 bits per heavy atom. The molecule has 0 rings (SSSR count). The van der Waals surface area contributed by atoms with Gasteiger partial charge in [0.25, 0.3) is 0 Å². The van der Waals surface area contributed by atoms with E-state index in [1.54, 1.807) is 27.7 Å². The number of carboxylic acid groups (broad SMARTS) is 1. The lowest BCUT2D eigenvalue weighted by Crippen LogP contribution is -2.61. The van der Waals surface area contributed by atoms with Crippen molar-refractivity contribution in [1.82, 2.24) is 21.3 Å². The Bertz CT molecular complexity index is 709. The second kappa shape index (κ2) is 15.3. The van der Waals surface area contributed by atoms with Crippen molar-refractivity contribution < 1.29 is 29.1 Å². The molecule has 7 N–H and O–H groups in total. The topological polar surface area (TPSA) is 180 Å². The molecule has 14 heteroatoms. The van der Waals surface area contributed by atoms with Crippen LogP contribution in [-0.4, -0.2) is 82.2 Å². The third-order valence-electron chi connectivity index (χ3n) is 4.64. The molecule has 0 aromatic rings. The van der Waals surface area contributed by atoms with Gasteiger partial charge in [-0.25, -0.2) is 4.79 Å². The third-order valence-corrected chi connectivity index (χ3v) is 5.76. The van der Waals surface area contributed by atoms with Gasteiger partial charge in [0.1, 0.15) is 24.2 Å². The summed E-state index contributed by atoms with van der Waals surface area (Å²) in [5.41, 5.74) is 5.60. The van der Waals surface area contributed by atoms with Crippen molar-refractivity contribution in [1.29, 1.82) is 0 Å². The summed E-state index contributed by atoms with van der Waals surface area (Å²) >= 11 is 11.9. The zero-order valence-corrected chi connectivity index (χ0v) is 21.8. The van der Waals surface area contributed by atoms with Crippen LogP contribution in [0.25, 0.3) is 0 Å². The molecule has 0 unspecified atom stereocenters. The monoisotopic (exact) mass is 525 g/mol. The molecule has 4 amide bonds.